The zero-order valence-corrected chi connectivity index (χ0v) is 6.12. The molecule has 11 heavy (non-hydrogen) atoms. The van der Waals surface area contributed by atoms with Gasteiger partial charge in [0, 0.05) is 19.3 Å². The van der Waals surface area contributed by atoms with Crippen LogP contribution >= 0.6 is 0 Å². The van der Waals surface area contributed by atoms with E-state index in [0.717, 1.165) is 18.8 Å². The van der Waals surface area contributed by atoms with E-state index in [-0.39, 0.29) is 0 Å². The number of hydrogen-bond acceptors (Lipinski definition) is 4. The fraction of sp³-hybridized carbons (Fsp3) is 0.286. The van der Waals surface area contributed by atoms with Crippen molar-refractivity contribution in [2.45, 2.75) is 0 Å². The molecule has 4 nitrogen and oxygen atoms in total. The Labute approximate surface area is 65.2 Å². The van der Waals surface area contributed by atoms with Crippen molar-refractivity contribution in [1.82, 2.24) is 15.9 Å². The molecule has 4 heteroatoms. The maximum Gasteiger partial charge on any atom is 0.0717 e. The molecule has 1 aliphatic rings. The third kappa shape index (κ3) is 1.31. The Morgan fingerprint density at radius 1 is 1.55 bits per heavy atom. The number of nitrogens with one attached hydrogen (secondary N) is 2. The highest BCUT2D eigenvalue weighted by atomic mass is 15.7. The van der Waals surface area contributed by atoms with Gasteiger partial charge in [-0.05, 0) is 12.1 Å². The lowest BCUT2D eigenvalue weighted by Gasteiger charge is -2.15. The standard InChI is InChI=1S/C7H10N4/c1-2-7(6-8-3-1)11-5-4-9-10-11/h1-3,6,9-10H,4-5H2. The van der Waals surface area contributed by atoms with E-state index in [4.69, 9.17) is 0 Å². The molecule has 1 aromatic rings. The van der Waals surface area contributed by atoms with Gasteiger partial charge in [0.1, 0.15) is 0 Å². The maximum absolute atomic E-state index is 4.02. The van der Waals surface area contributed by atoms with Crippen LogP contribution in [0.4, 0.5) is 5.69 Å². The van der Waals surface area contributed by atoms with Gasteiger partial charge in [0.15, 0.2) is 0 Å². The summed E-state index contributed by atoms with van der Waals surface area (Å²) in [6.07, 6.45) is 3.60. The first kappa shape index (κ1) is 6.57. The highest BCUT2D eigenvalue weighted by Crippen LogP contribution is 2.08. The lowest BCUT2D eigenvalue weighted by Crippen LogP contribution is -2.35. The minimum Gasteiger partial charge on any atom is -0.292 e. The number of aromatic nitrogens is 1. The molecule has 0 unspecified atom stereocenters. The van der Waals surface area contributed by atoms with E-state index in [0.29, 0.717) is 0 Å². The topological polar surface area (TPSA) is 40.2 Å². The van der Waals surface area contributed by atoms with Gasteiger partial charge in [-0.2, -0.15) is 5.53 Å². The van der Waals surface area contributed by atoms with Crippen molar-refractivity contribution in [3.8, 4) is 0 Å². The molecule has 1 aromatic heterocycles. The first-order valence-corrected chi connectivity index (χ1v) is 3.63. The molecule has 0 aliphatic carbocycles. The first-order valence-electron chi connectivity index (χ1n) is 3.63. The maximum atomic E-state index is 4.02. The molecule has 0 amide bonds. The van der Waals surface area contributed by atoms with Gasteiger partial charge in [-0.3, -0.25) is 9.99 Å². The summed E-state index contributed by atoms with van der Waals surface area (Å²) < 4.78 is 0. The van der Waals surface area contributed by atoms with E-state index in [1.165, 1.54) is 0 Å². The lowest BCUT2D eigenvalue weighted by molar-refractivity contribution is 0.653. The first-order chi connectivity index (χ1) is 5.47. The predicted molar refractivity (Wildman–Crippen MR) is 42.7 cm³/mol. The van der Waals surface area contributed by atoms with E-state index in [9.17, 15) is 0 Å². The van der Waals surface area contributed by atoms with Crippen molar-refractivity contribution in [2.75, 3.05) is 18.1 Å². The summed E-state index contributed by atoms with van der Waals surface area (Å²) in [4.78, 5) is 4.02. The van der Waals surface area contributed by atoms with E-state index in [2.05, 4.69) is 15.9 Å². The average Bonchev–Trinajstić information content (AvgIpc) is 2.58. The monoisotopic (exact) mass is 150 g/mol. The number of hydrazine groups is 2. The SMILES string of the molecule is c1cncc(N2CCNN2)c1. The molecule has 1 aliphatic heterocycles. The molecule has 2 heterocycles. The van der Waals surface area contributed by atoms with Gasteiger partial charge in [0.05, 0.1) is 11.9 Å². The van der Waals surface area contributed by atoms with Crippen LogP contribution in [-0.4, -0.2) is 18.1 Å². The summed E-state index contributed by atoms with van der Waals surface area (Å²) in [7, 11) is 0. The molecule has 1 fully saturated rings. The van der Waals surface area contributed by atoms with Gasteiger partial charge < -0.3 is 0 Å². The zero-order chi connectivity index (χ0) is 7.52. The molecule has 0 atom stereocenters. The Morgan fingerprint density at radius 3 is 3.18 bits per heavy atom. The molecule has 58 valence electrons. The fourth-order valence-electron chi connectivity index (χ4n) is 1.08. The van der Waals surface area contributed by atoms with Gasteiger partial charge >= 0.3 is 0 Å². The molecule has 0 spiro atoms. The minimum absolute atomic E-state index is 0.967. The van der Waals surface area contributed by atoms with E-state index < -0.39 is 0 Å². The van der Waals surface area contributed by atoms with Crippen LogP contribution in [0.1, 0.15) is 0 Å². The predicted octanol–water partition coefficient (Wildman–Crippen LogP) is -0.0892. The van der Waals surface area contributed by atoms with Crippen molar-refractivity contribution in [2.24, 2.45) is 0 Å². The van der Waals surface area contributed by atoms with Gasteiger partial charge in [-0.1, -0.05) is 0 Å². The smallest absolute Gasteiger partial charge is 0.0717 e. The van der Waals surface area contributed by atoms with Gasteiger partial charge in [0.2, 0.25) is 0 Å². The summed E-state index contributed by atoms with van der Waals surface area (Å²) in [6.45, 7) is 1.95. The average molecular weight is 150 g/mol. The van der Waals surface area contributed by atoms with Crippen molar-refractivity contribution in [3.05, 3.63) is 24.5 Å². The Morgan fingerprint density at radius 2 is 2.55 bits per heavy atom. The van der Waals surface area contributed by atoms with Crippen molar-refractivity contribution in [1.29, 1.82) is 0 Å². The number of nitrogens with zero attached hydrogens (tertiary/aromatic N) is 2. The minimum atomic E-state index is 0.967. The summed E-state index contributed by atoms with van der Waals surface area (Å²) in [5.41, 5.74) is 7.13. The van der Waals surface area contributed by atoms with Crippen molar-refractivity contribution >= 4 is 5.69 Å². The van der Waals surface area contributed by atoms with E-state index in [1.807, 2.05) is 23.3 Å². The van der Waals surface area contributed by atoms with Crippen molar-refractivity contribution < 1.29 is 0 Å². The quantitative estimate of drug-likeness (QED) is 0.587. The third-order valence-corrected chi connectivity index (χ3v) is 1.63. The molecular weight excluding hydrogens is 140 g/mol. The number of hydrogen-bond donors (Lipinski definition) is 2. The molecule has 0 radical (unpaired) electrons. The van der Waals surface area contributed by atoms with Crippen LogP contribution in [0.3, 0.4) is 0 Å². The molecule has 0 bridgehead atoms. The molecule has 0 aromatic carbocycles. The van der Waals surface area contributed by atoms with Crippen LogP contribution in [-0.2, 0) is 0 Å². The molecular formula is C7H10N4. The third-order valence-electron chi connectivity index (χ3n) is 1.63. The van der Waals surface area contributed by atoms with Crippen LogP contribution in [0.5, 0.6) is 0 Å². The Bertz CT molecular complexity index is 217. The van der Waals surface area contributed by atoms with Gasteiger partial charge in [0.25, 0.3) is 0 Å². The van der Waals surface area contributed by atoms with E-state index in [1.54, 1.807) is 6.20 Å². The number of anilines is 1. The molecule has 2 rings (SSSR count). The fourth-order valence-corrected chi connectivity index (χ4v) is 1.08. The summed E-state index contributed by atoms with van der Waals surface area (Å²) >= 11 is 0. The number of pyridine rings is 1. The van der Waals surface area contributed by atoms with Crippen LogP contribution in [0.15, 0.2) is 24.5 Å². The highest BCUT2D eigenvalue weighted by molar-refractivity contribution is 5.42. The lowest BCUT2D eigenvalue weighted by atomic mass is 10.4. The number of rotatable bonds is 1. The second-order valence-electron chi connectivity index (χ2n) is 2.40. The van der Waals surface area contributed by atoms with Crippen LogP contribution in [0.2, 0.25) is 0 Å². The summed E-state index contributed by atoms with van der Waals surface area (Å²) in [5, 5.41) is 2.02. The summed E-state index contributed by atoms with van der Waals surface area (Å²) in [5.74, 6) is 0. The van der Waals surface area contributed by atoms with Crippen LogP contribution < -0.4 is 16.0 Å². The Balaban J connectivity index is 2.16. The Hall–Kier alpha value is -1.13. The second kappa shape index (κ2) is 2.86. The normalized spacial score (nSPS) is 17.3. The van der Waals surface area contributed by atoms with E-state index >= 15 is 0 Å². The molecule has 2 N–H and O–H groups in total. The zero-order valence-electron chi connectivity index (χ0n) is 6.12. The summed E-state index contributed by atoms with van der Waals surface area (Å²) in [6, 6.07) is 3.95. The van der Waals surface area contributed by atoms with Gasteiger partial charge in [-0.15, -0.1) is 0 Å². The second-order valence-corrected chi connectivity index (χ2v) is 2.40. The van der Waals surface area contributed by atoms with Gasteiger partial charge in [-0.25, -0.2) is 5.43 Å². The molecule has 0 saturated carbocycles. The largest absolute Gasteiger partial charge is 0.292 e. The highest BCUT2D eigenvalue weighted by Gasteiger charge is 2.09. The van der Waals surface area contributed by atoms with Crippen LogP contribution in [0, 0.1) is 0 Å². The van der Waals surface area contributed by atoms with Crippen molar-refractivity contribution in [3.63, 3.8) is 0 Å². The van der Waals surface area contributed by atoms with Crippen LogP contribution in [0.25, 0.3) is 0 Å². The molecule has 1 saturated heterocycles. The Kier molecular flexibility index (Phi) is 1.71.